The standard InChI is InChI=1S/C13H18FN3O3S/c14-10-2-3-11(15)12(8-10)16-13(18)9-17-4-1-6-21(19,20)7-5-17/h2-3,8H,1,4-7,9,15H2,(H,16,18). The second-order valence-electron chi connectivity index (χ2n) is 5.06. The van der Waals surface area contributed by atoms with Crippen molar-refractivity contribution in [3.05, 3.63) is 24.0 Å². The van der Waals surface area contributed by atoms with E-state index in [1.807, 2.05) is 0 Å². The predicted molar refractivity (Wildman–Crippen MR) is 79.2 cm³/mol. The molecule has 0 spiro atoms. The van der Waals surface area contributed by atoms with Gasteiger partial charge in [-0.3, -0.25) is 9.69 Å². The third kappa shape index (κ3) is 4.68. The van der Waals surface area contributed by atoms with E-state index < -0.39 is 15.7 Å². The minimum absolute atomic E-state index is 0.0579. The highest BCUT2D eigenvalue weighted by atomic mass is 32.2. The summed E-state index contributed by atoms with van der Waals surface area (Å²) >= 11 is 0. The number of benzene rings is 1. The molecule has 1 aliphatic heterocycles. The van der Waals surface area contributed by atoms with Crippen LogP contribution in [0.4, 0.5) is 15.8 Å². The molecule has 1 fully saturated rings. The van der Waals surface area contributed by atoms with Crippen LogP contribution < -0.4 is 11.1 Å². The molecule has 1 saturated heterocycles. The molecule has 1 aliphatic rings. The van der Waals surface area contributed by atoms with Gasteiger partial charge in [-0.1, -0.05) is 0 Å². The fraction of sp³-hybridized carbons (Fsp3) is 0.462. The Hall–Kier alpha value is -1.67. The number of nitrogens with two attached hydrogens (primary N) is 1. The van der Waals surface area contributed by atoms with Crippen molar-refractivity contribution in [1.82, 2.24) is 4.90 Å². The molecule has 21 heavy (non-hydrogen) atoms. The Balaban J connectivity index is 1.94. The summed E-state index contributed by atoms with van der Waals surface area (Å²) in [6, 6.07) is 3.74. The summed E-state index contributed by atoms with van der Waals surface area (Å²) in [5.41, 5.74) is 6.16. The highest BCUT2D eigenvalue weighted by molar-refractivity contribution is 7.91. The molecule has 0 aromatic heterocycles. The Morgan fingerprint density at radius 3 is 2.86 bits per heavy atom. The van der Waals surface area contributed by atoms with E-state index >= 15 is 0 Å². The molecule has 0 saturated carbocycles. The third-order valence-electron chi connectivity index (χ3n) is 3.30. The van der Waals surface area contributed by atoms with E-state index in [1.54, 1.807) is 4.90 Å². The van der Waals surface area contributed by atoms with Crippen LogP contribution in [-0.4, -0.2) is 50.4 Å². The van der Waals surface area contributed by atoms with Gasteiger partial charge in [0.05, 0.1) is 29.4 Å². The molecule has 0 bridgehead atoms. The zero-order valence-corrected chi connectivity index (χ0v) is 12.3. The predicted octanol–water partition coefficient (Wildman–Crippen LogP) is 0.467. The number of amides is 1. The van der Waals surface area contributed by atoms with Crippen LogP contribution in [-0.2, 0) is 14.6 Å². The molecular weight excluding hydrogens is 297 g/mol. The van der Waals surface area contributed by atoms with E-state index in [0.29, 0.717) is 19.5 Å². The number of sulfone groups is 1. The van der Waals surface area contributed by atoms with Crippen LogP contribution in [0.25, 0.3) is 0 Å². The molecule has 0 unspecified atom stereocenters. The van der Waals surface area contributed by atoms with Crippen molar-refractivity contribution in [2.24, 2.45) is 0 Å². The lowest BCUT2D eigenvalue weighted by atomic mass is 10.2. The van der Waals surface area contributed by atoms with Gasteiger partial charge in [0.15, 0.2) is 9.84 Å². The van der Waals surface area contributed by atoms with Crippen LogP contribution in [0.3, 0.4) is 0 Å². The molecule has 3 N–H and O–H groups in total. The lowest BCUT2D eigenvalue weighted by molar-refractivity contribution is -0.117. The number of halogens is 1. The molecule has 1 amide bonds. The van der Waals surface area contributed by atoms with Gasteiger partial charge in [-0.25, -0.2) is 12.8 Å². The number of hydrogen-bond donors (Lipinski definition) is 2. The first-order valence-corrected chi connectivity index (χ1v) is 8.45. The van der Waals surface area contributed by atoms with E-state index in [9.17, 15) is 17.6 Å². The van der Waals surface area contributed by atoms with Crippen LogP contribution >= 0.6 is 0 Å². The van der Waals surface area contributed by atoms with E-state index in [2.05, 4.69) is 5.32 Å². The van der Waals surface area contributed by atoms with Crippen molar-refractivity contribution in [1.29, 1.82) is 0 Å². The SMILES string of the molecule is Nc1ccc(F)cc1NC(=O)CN1CCCS(=O)(=O)CC1. The number of rotatable bonds is 3. The second-order valence-corrected chi connectivity index (χ2v) is 7.36. The monoisotopic (exact) mass is 315 g/mol. The smallest absolute Gasteiger partial charge is 0.238 e. The van der Waals surface area contributed by atoms with Gasteiger partial charge in [0, 0.05) is 6.54 Å². The minimum Gasteiger partial charge on any atom is -0.397 e. The van der Waals surface area contributed by atoms with Crippen LogP contribution in [0.15, 0.2) is 18.2 Å². The second kappa shape index (κ2) is 6.40. The van der Waals surface area contributed by atoms with Crippen molar-refractivity contribution >= 4 is 27.1 Å². The molecule has 1 aromatic carbocycles. The molecule has 6 nitrogen and oxygen atoms in total. The first-order valence-electron chi connectivity index (χ1n) is 6.63. The highest BCUT2D eigenvalue weighted by Gasteiger charge is 2.20. The van der Waals surface area contributed by atoms with Gasteiger partial charge < -0.3 is 11.1 Å². The van der Waals surface area contributed by atoms with Crippen molar-refractivity contribution in [2.75, 3.05) is 42.2 Å². The van der Waals surface area contributed by atoms with Gasteiger partial charge >= 0.3 is 0 Å². The zero-order chi connectivity index (χ0) is 15.5. The first-order chi connectivity index (χ1) is 9.85. The lowest BCUT2D eigenvalue weighted by Gasteiger charge is -2.18. The molecule has 0 radical (unpaired) electrons. The van der Waals surface area contributed by atoms with Gasteiger partial charge in [0.25, 0.3) is 0 Å². The van der Waals surface area contributed by atoms with E-state index in [0.717, 1.165) is 6.07 Å². The van der Waals surface area contributed by atoms with Crippen molar-refractivity contribution in [3.8, 4) is 0 Å². The van der Waals surface area contributed by atoms with Crippen molar-refractivity contribution in [2.45, 2.75) is 6.42 Å². The van der Waals surface area contributed by atoms with Gasteiger partial charge in [-0.05, 0) is 31.2 Å². The maximum Gasteiger partial charge on any atom is 0.238 e. The molecule has 2 rings (SSSR count). The number of anilines is 2. The fourth-order valence-electron chi connectivity index (χ4n) is 2.18. The van der Waals surface area contributed by atoms with Crippen LogP contribution in [0.1, 0.15) is 6.42 Å². The van der Waals surface area contributed by atoms with E-state index in [4.69, 9.17) is 5.73 Å². The van der Waals surface area contributed by atoms with Crippen LogP contribution in [0.2, 0.25) is 0 Å². The Kier molecular flexibility index (Phi) is 4.79. The molecule has 116 valence electrons. The summed E-state index contributed by atoms with van der Waals surface area (Å²) < 4.78 is 36.1. The van der Waals surface area contributed by atoms with Crippen molar-refractivity contribution < 1.29 is 17.6 Å². The fourth-order valence-corrected chi connectivity index (χ4v) is 3.49. The quantitative estimate of drug-likeness (QED) is 0.791. The normalized spacial score (nSPS) is 18.9. The van der Waals surface area contributed by atoms with Gasteiger partial charge in [-0.2, -0.15) is 0 Å². The summed E-state index contributed by atoms with van der Waals surface area (Å²) in [5, 5.41) is 2.54. The third-order valence-corrected chi connectivity index (χ3v) is 5.02. The van der Waals surface area contributed by atoms with Crippen molar-refractivity contribution in [3.63, 3.8) is 0 Å². The summed E-state index contributed by atoms with van der Waals surface area (Å²) in [5.74, 6) is -0.614. The summed E-state index contributed by atoms with van der Waals surface area (Å²) in [7, 11) is -3.00. The lowest BCUT2D eigenvalue weighted by Crippen LogP contribution is -2.35. The average molecular weight is 315 g/mol. The Morgan fingerprint density at radius 2 is 2.10 bits per heavy atom. The number of nitrogens with one attached hydrogen (secondary N) is 1. The molecular formula is C13H18FN3O3S. The number of carbonyl (C=O) groups is 1. The van der Waals surface area contributed by atoms with Gasteiger partial charge in [0.1, 0.15) is 5.82 Å². The van der Waals surface area contributed by atoms with Gasteiger partial charge in [-0.15, -0.1) is 0 Å². The van der Waals surface area contributed by atoms with E-state index in [-0.39, 0.29) is 35.3 Å². The summed E-state index contributed by atoms with van der Waals surface area (Å²) in [6.45, 7) is 0.936. The Bertz CT molecular complexity index is 634. The molecule has 0 aliphatic carbocycles. The zero-order valence-electron chi connectivity index (χ0n) is 11.5. The maximum atomic E-state index is 13.1. The highest BCUT2D eigenvalue weighted by Crippen LogP contribution is 2.19. The number of hydrogen-bond acceptors (Lipinski definition) is 5. The molecule has 0 atom stereocenters. The van der Waals surface area contributed by atoms with E-state index in [1.165, 1.54) is 12.1 Å². The Morgan fingerprint density at radius 1 is 1.33 bits per heavy atom. The summed E-state index contributed by atoms with van der Waals surface area (Å²) in [4.78, 5) is 13.7. The van der Waals surface area contributed by atoms with Crippen LogP contribution in [0, 0.1) is 5.82 Å². The first kappa shape index (κ1) is 15.7. The number of nitrogen functional groups attached to an aromatic ring is 1. The topological polar surface area (TPSA) is 92.5 Å². The van der Waals surface area contributed by atoms with Gasteiger partial charge in [0.2, 0.25) is 5.91 Å². The number of carbonyl (C=O) groups excluding carboxylic acids is 1. The molecule has 8 heteroatoms. The van der Waals surface area contributed by atoms with Crippen LogP contribution in [0.5, 0.6) is 0 Å². The summed E-state index contributed by atoms with van der Waals surface area (Å²) in [6.07, 6.45) is 0.512. The largest absolute Gasteiger partial charge is 0.397 e. The molecule has 1 heterocycles. The Labute approximate surface area is 123 Å². The molecule has 1 aromatic rings. The maximum absolute atomic E-state index is 13.1. The number of nitrogens with zero attached hydrogens (tertiary/aromatic N) is 1. The average Bonchev–Trinajstić information content (AvgIpc) is 2.55. The minimum atomic E-state index is -3.00.